The molecule has 0 amide bonds. The molecule has 0 aromatic heterocycles. The summed E-state index contributed by atoms with van der Waals surface area (Å²) in [5.41, 5.74) is -2.07. The van der Waals surface area contributed by atoms with Crippen LogP contribution in [0.4, 0.5) is 0 Å². The lowest BCUT2D eigenvalue weighted by atomic mass is 9.52. The van der Waals surface area contributed by atoms with Crippen molar-refractivity contribution in [2.45, 2.75) is 54.4 Å². The highest BCUT2D eigenvalue weighted by molar-refractivity contribution is 5.78. The lowest BCUT2D eigenvalue weighted by Crippen LogP contribution is -2.52. The van der Waals surface area contributed by atoms with E-state index in [9.17, 15) is 14.7 Å². The maximum absolute atomic E-state index is 11.7. The van der Waals surface area contributed by atoms with Gasteiger partial charge in [-0.3, -0.25) is 9.59 Å². The number of carboxylic acid groups (broad SMARTS) is 2. The van der Waals surface area contributed by atoms with Crippen LogP contribution >= 0.6 is 0 Å². The molecule has 0 spiro atoms. The van der Waals surface area contributed by atoms with E-state index in [2.05, 4.69) is 0 Å². The highest BCUT2D eigenvalue weighted by Crippen LogP contribution is 2.54. The van der Waals surface area contributed by atoms with Gasteiger partial charge in [-0.15, -0.1) is 0 Å². The summed E-state index contributed by atoms with van der Waals surface area (Å²) in [6, 6.07) is 0. The van der Waals surface area contributed by atoms with Crippen molar-refractivity contribution in [1.82, 2.24) is 0 Å². The molecule has 0 fully saturated rings. The van der Waals surface area contributed by atoms with Crippen LogP contribution in [0.15, 0.2) is 0 Å². The van der Waals surface area contributed by atoms with Crippen LogP contribution in [0.1, 0.15) is 54.4 Å². The summed E-state index contributed by atoms with van der Waals surface area (Å²) in [6.07, 6.45) is 0.0194. The second kappa shape index (κ2) is 4.67. The van der Waals surface area contributed by atoms with Crippen molar-refractivity contribution in [3.05, 3.63) is 0 Å². The first-order chi connectivity index (χ1) is 7.36. The van der Waals surface area contributed by atoms with E-state index in [1.165, 1.54) is 0 Å². The molecule has 4 heteroatoms. The Hall–Kier alpha value is -1.06. The SMILES string of the molecule is CC(C)(C)C(CCC(=O)O)(C(=O)O)C(C)(C)C. The molecule has 100 valence electrons. The van der Waals surface area contributed by atoms with Gasteiger partial charge in [0.15, 0.2) is 0 Å². The van der Waals surface area contributed by atoms with E-state index in [0.717, 1.165) is 0 Å². The maximum atomic E-state index is 11.7. The zero-order valence-corrected chi connectivity index (χ0v) is 11.6. The van der Waals surface area contributed by atoms with Crippen molar-refractivity contribution in [2.75, 3.05) is 0 Å². The summed E-state index contributed by atoms with van der Waals surface area (Å²) in [7, 11) is 0. The Balaban J connectivity index is 5.60. The van der Waals surface area contributed by atoms with E-state index < -0.39 is 28.2 Å². The first-order valence-corrected chi connectivity index (χ1v) is 5.81. The lowest BCUT2D eigenvalue weighted by molar-refractivity contribution is -0.170. The molecule has 0 aromatic rings. The van der Waals surface area contributed by atoms with Crippen LogP contribution in [0, 0.1) is 16.2 Å². The summed E-state index contributed by atoms with van der Waals surface area (Å²) in [6.45, 7) is 11.1. The quantitative estimate of drug-likeness (QED) is 0.797. The van der Waals surface area contributed by atoms with E-state index >= 15 is 0 Å². The van der Waals surface area contributed by atoms with Gasteiger partial charge in [-0.2, -0.15) is 0 Å². The fraction of sp³-hybridized carbons (Fsp3) is 0.846. The van der Waals surface area contributed by atoms with Crippen molar-refractivity contribution < 1.29 is 19.8 Å². The van der Waals surface area contributed by atoms with Gasteiger partial charge < -0.3 is 10.2 Å². The number of carbonyl (C=O) groups is 2. The Labute approximate surface area is 103 Å². The van der Waals surface area contributed by atoms with Crippen molar-refractivity contribution in [2.24, 2.45) is 16.2 Å². The van der Waals surface area contributed by atoms with Crippen LogP contribution < -0.4 is 0 Å². The molecule has 0 aliphatic rings. The number of hydrogen-bond acceptors (Lipinski definition) is 2. The van der Waals surface area contributed by atoms with Gasteiger partial charge >= 0.3 is 11.9 Å². The number of rotatable bonds is 4. The van der Waals surface area contributed by atoms with E-state index in [1.807, 2.05) is 41.5 Å². The van der Waals surface area contributed by atoms with Gasteiger partial charge in [-0.05, 0) is 17.3 Å². The van der Waals surface area contributed by atoms with Crippen LogP contribution in [0.5, 0.6) is 0 Å². The Morgan fingerprint density at radius 2 is 1.24 bits per heavy atom. The second-order valence-corrected chi connectivity index (χ2v) is 6.60. The van der Waals surface area contributed by atoms with Crippen LogP contribution in [-0.4, -0.2) is 22.2 Å². The van der Waals surface area contributed by atoms with Gasteiger partial charge in [-0.25, -0.2) is 0 Å². The normalized spacial score (nSPS) is 13.5. The van der Waals surface area contributed by atoms with Gasteiger partial charge in [0.05, 0.1) is 5.41 Å². The van der Waals surface area contributed by atoms with Crippen LogP contribution in [0.2, 0.25) is 0 Å². The fourth-order valence-electron chi connectivity index (χ4n) is 2.92. The standard InChI is InChI=1S/C13H24O4/c1-11(2,3)13(10(16)17,12(4,5)6)8-7-9(14)15/h7-8H2,1-6H3,(H,14,15)(H,16,17). The molecule has 17 heavy (non-hydrogen) atoms. The number of carboxylic acids is 2. The molecule has 0 saturated heterocycles. The molecule has 2 N–H and O–H groups in total. The Bertz CT molecular complexity index is 290. The van der Waals surface area contributed by atoms with Gasteiger partial charge in [0, 0.05) is 6.42 Å². The predicted octanol–water partition coefficient (Wildman–Crippen LogP) is 3.01. The minimum atomic E-state index is -1.06. The molecule has 0 unspecified atom stereocenters. The summed E-state index contributed by atoms with van der Waals surface area (Å²) < 4.78 is 0. The molecule has 0 aliphatic carbocycles. The van der Waals surface area contributed by atoms with Crippen molar-refractivity contribution in [3.63, 3.8) is 0 Å². The molecule has 0 radical (unpaired) electrons. The zero-order chi connectivity index (χ0) is 14.1. The predicted molar refractivity (Wildman–Crippen MR) is 65.8 cm³/mol. The van der Waals surface area contributed by atoms with Crippen molar-refractivity contribution >= 4 is 11.9 Å². The Morgan fingerprint density at radius 3 is 1.41 bits per heavy atom. The van der Waals surface area contributed by atoms with E-state index in [1.54, 1.807) is 0 Å². The third-order valence-electron chi connectivity index (χ3n) is 3.64. The Kier molecular flexibility index (Phi) is 4.38. The monoisotopic (exact) mass is 244 g/mol. The number of aliphatic carboxylic acids is 2. The topological polar surface area (TPSA) is 74.6 Å². The Morgan fingerprint density at radius 1 is 0.882 bits per heavy atom. The third kappa shape index (κ3) is 2.99. The first kappa shape index (κ1) is 15.9. The number of hydrogen-bond donors (Lipinski definition) is 2. The maximum Gasteiger partial charge on any atom is 0.310 e. The average molecular weight is 244 g/mol. The molecule has 0 rings (SSSR count). The highest BCUT2D eigenvalue weighted by Gasteiger charge is 2.56. The molecule has 0 aromatic carbocycles. The van der Waals surface area contributed by atoms with Gasteiger partial charge in [0.25, 0.3) is 0 Å². The molecule has 4 nitrogen and oxygen atoms in total. The third-order valence-corrected chi connectivity index (χ3v) is 3.64. The largest absolute Gasteiger partial charge is 0.481 e. The van der Waals surface area contributed by atoms with E-state index in [0.29, 0.717) is 0 Å². The van der Waals surface area contributed by atoms with Crippen molar-refractivity contribution in [3.8, 4) is 0 Å². The summed E-state index contributed by atoms with van der Waals surface area (Å²) in [4.78, 5) is 22.5. The van der Waals surface area contributed by atoms with E-state index in [4.69, 9.17) is 5.11 Å². The van der Waals surface area contributed by atoms with Crippen LogP contribution in [-0.2, 0) is 9.59 Å². The van der Waals surface area contributed by atoms with Gasteiger partial charge in [0.2, 0.25) is 0 Å². The molecular formula is C13H24O4. The highest BCUT2D eigenvalue weighted by atomic mass is 16.4. The van der Waals surface area contributed by atoms with E-state index in [-0.39, 0.29) is 12.8 Å². The lowest BCUT2D eigenvalue weighted by Gasteiger charge is -2.50. The molecule has 0 bridgehead atoms. The smallest absolute Gasteiger partial charge is 0.310 e. The summed E-state index contributed by atoms with van der Waals surface area (Å²) in [5, 5.41) is 18.4. The molecule has 0 heterocycles. The van der Waals surface area contributed by atoms with Crippen LogP contribution in [0.25, 0.3) is 0 Å². The molecular weight excluding hydrogens is 220 g/mol. The molecule has 0 aliphatic heterocycles. The van der Waals surface area contributed by atoms with Crippen molar-refractivity contribution in [1.29, 1.82) is 0 Å². The van der Waals surface area contributed by atoms with Crippen LogP contribution in [0.3, 0.4) is 0 Å². The minimum Gasteiger partial charge on any atom is -0.481 e. The summed E-state index contributed by atoms with van der Waals surface area (Å²) in [5.74, 6) is -1.87. The zero-order valence-electron chi connectivity index (χ0n) is 11.6. The first-order valence-electron chi connectivity index (χ1n) is 5.81. The minimum absolute atomic E-state index is 0.124. The second-order valence-electron chi connectivity index (χ2n) is 6.60. The summed E-state index contributed by atoms with van der Waals surface area (Å²) >= 11 is 0. The van der Waals surface area contributed by atoms with Gasteiger partial charge in [0.1, 0.15) is 0 Å². The molecule has 0 atom stereocenters. The average Bonchev–Trinajstić information content (AvgIpc) is 1.97. The fourth-order valence-corrected chi connectivity index (χ4v) is 2.92. The molecule has 0 saturated carbocycles. The van der Waals surface area contributed by atoms with Gasteiger partial charge in [-0.1, -0.05) is 41.5 Å².